The van der Waals surface area contributed by atoms with Crippen LogP contribution in [0.3, 0.4) is 0 Å². The Balaban J connectivity index is 1.52. The minimum atomic E-state index is -0.0500. The summed E-state index contributed by atoms with van der Waals surface area (Å²) in [5, 5.41) is 10.4. The Bertz CT molecular complexity index is 1170. The SMILES string of the molecule is C=C/C=C\C=C(/C)c1[nH]ncc1-c1ccnc(-c2ccc(C(=O)NC3CCOCC3)cc2)c1. The highest BCUT2D eigenvalue weighted by atomic mass is 16.5. The fraction of sp³-hybridized carbons (Fsp3) is 0.222. The third kappa shape index (κ3) is 5.54. The van der Waals surface area contributed by atoms with Crippen LogP contribution in [0.1, 0.15) is 35.8 Å². The Hall–Kier alpha value is -3.77. The minimum Gasteiger partial charge on any atom is -0.381 e. The molecule has 0 atom stereocenters. The summed E-state index contributed by atoms with van der Waals surface area (Å²) >= 11 is 0. The summed E-state index contributed by atoms with van der Waals surface area (Å²) < 4.78 is 5.36. The van der Waals surface area contributed by atoms with Crippen LogP contribution in [0, 0.1) is 0 Å². The van der Waals surface area contributed by atoms with E-state index >= 15 is 0 Å². The number of carbonyl (C=O) groups is 1. The number of amides is 1. The van der Waals surface area contributed by atoms with E-state index in [1.807, 2.05) is 67.7 Å². The molecule has 2 aromatic heterocycles. The topological polar surface area (TPSA) is 79.9 Å². The molecule has 6 nitrogen and oxygen atoms in total. The van der Waals surface area contributed by atoms with E-state index in [9.17, 15) is 4.79 Å². The van der Waals surface area contributed by atoms with Gasteiger partial charge in [0.15, 0.2) is 0 Å². The van der Waals surface area contributed by atoms with Crippen LogP contribution < -0.4 is 5.32 Å². The maximum absolute atomic E-state index is 12.6. The normalized spacial score (nSPS) is 15.0. The number of allylic oxidation sites excluding steroid dienone is 5. The van der Waals surface area contributed by atoms with E-state index in [0.29, 0.717) is 18.8 Å². The fourth-order valence-electron chi connectivity index (χ4n) is 3.83. The molecule has 0 spiro atoms. The van der Waals surface area contributed by atoms with Crippen molar-refractivity contribution in [2.24, 2.45) is 0 Å². The lowest BCUT2D eigenvalue weighted by molar-refractivity contribution is 0.0696. The van der Waals surface area contributed by atoms with Gasteiger partial charge in [-0.2, -0.15) is 5.10 Å². The zero-order chi connectivity index (χ0) is 23.0. The lowest BCUT2D eigenvalue weighted by Gasteiger charge is -2.23. The van der Waals surface area contributed by atoms with Gasteiger partial charge in [-0.1, -0.05) is 43.0 Å². The van der Waals surface area contributed by atoms with E-state index in [0.717, 1.165) is 46.5 Å². The van der Waals surface area contributed by atoms with Gasteiger partial charge >= 0.3 is 0 Å². The second kappa shape index (κ2) is 10.7. The number of benzene rings is 1. The standard InChI is InChI=1S/C27H28N4O2/c1-3-4-5-6-19(2)26-24(18-29-31-26)22-11-14-28-25(17-22)20-7-9-21(10-8-20)27(32)30-23-12-15-33-16-13-23/h3-11,14,17-18,23H,1,12-13,15-16H2,2H3,(H,29,31)(H,30,32)/b5-4-,19-6+. The van der Waals surface area contributed by atoms with E-state index < -0.39 is 0 Å². The molecule has 0 saturated carbocycles. The summed E-state index contributed by atoms with van der Waals surface area (Å²) in [6.45, 7) is 7.13. The first-order valence-corrected chi connectivity index (χ1v) is 11.1. The quantitative estimate of drug-likeness (QED) is 0.495. The Morgan fingerprint density at radius 2 is 1.94 bits per heavy atom. The lowest BCUT2D eigenvalue weighted by atomic mass is 10.0. The van der Waals surface area contributed by atoms with Crippen molar-refractivity contribution >= 4 is 11.5 Å². The molecule has 3 heterocycles. The number of rotatable bonds is 7. The Kier molecular flexibility index (Phi) is 7.27. The molecule has 168 valence electrons. The predicted molar refractivity (Wildman–Crippen MR) is 132 cm³/mol. The summed E-state index contributed by atoms with van der Waals surface area (Å²) in [6.07, 6.45) is 12.9. The molecule has 0 aliphatic carbocycles. The molecular weight excluding hydrogens is 412 g/mol. The highest BCUT2D eigenvalue weighted by Crippen LogP contribution is 2.29. The van der Waals surface area contributed by atoms with Gasteiger partial charge in [-0.15, -0.1) is 0 Å². The number of hydrogen-bond donors (Lipinski definition) is 2. The smallest absolute Gasteiger partial charge is 0.251 e. The van der Waals surface area contributed by atoms with E-state index in [1.54, 1.807) is 12.3 Å². The highest BCUT2D eigenvalue weighted by Gasteiger charge is 2.17. The molecule has 2 N–H and O–H groups in total. The van der Waals surface area contributed by atoms with Gasteiger partial charge in [-0.25, -0.2) is 0 Å². The number of nitrogens with one attached hydrogen (secondary N) is 2. The van der Waals surface area contributed by atoms with Crippen molar-refractivity contribution in [3.63, 3.8) is 0 Å². The number of aromatic nitrogens is 3. The average Bonchev–Trinajstić information content (AvgIpc) is 3.35. The molecule has 6 heteroatoms. The number of ether oxygens (including phenoxy) is 1. The number of nitrogens with zero attached hydrogens (tertiary/aromatic N) is 2. The number of H-pyrrole nitrogens is 1. The molecule has 3 aromatic rings. The molecule has 0 radical (unpaired) electrons. The lowest BCUT2D eigenvalue weighted by Crippen LogP contribution is -2.38. The molecule has 1 aliphatic heterocycles. The Morgan fingerprint density at radius 3 is 2.70 bits per heavy atom. The Labute approximate surface area is 194 Å². The molecule has 1 fully saturated rings. The molecule has 0 unspecified atom stereocenters. The van der Waals surface area contributed by atoms with Crippen molar-refractivity contribution in [2.75, 3.05) is 13.2 Å². The number of hydrogen-bond acceptors (Lipinski definition) is 4. The van der Waals surface area contributed by atoms with Crippen molar-refractivity contribution in [3.8, 4) is 22.4 Å². The van der Waals surface area contributed by atoms with Gasteiger partial charge in [0, 0.05) is 42.1 Å². The van der Waals surface area contributed by atoms with Gasteiger partial charge in [0.1, 0.15) is 0 Å². The van der Waals surface area contributed by atoms with E-state index in [4.69, 9.17) is 4.74 Å². The second-order valence-corrected chi connectivity index (χ2v) is 8.00. The largest absolute Gasteiger partial charge is 0.381 e. The van der Waals surface area contributed by atoms with Crippen molar-refractivity contribution in [1.82, 2.24) is 20.5 Å². The van der Waals surface area contributed by atoms with Crippen LogP contribution in [-0.2, 0) is 4.74 Å². The second-order valence-electron chi connectivity index (χ2n) is 8.00. The maximum atomic E-state index is 12.6. The number of pyridine rings is 1. The monoisotopic (exact) mass is 440 g/mol. The minimum absolute atomic E-state index is 0.0500. The summed E-state index contributed by atoms with van der Waals surface area (Å²) in [5.41, 5.74) is 6.49. The first-order valence-electron chi connectivity index (χ1n) is 11.1. The van der Waals surface area contributed by atoms with E-state index in [-0.39, 0.29) is 11.9 Å². The first-order chi connectivity index (χ1) is 16.2. The van der Waals surface area contributed by atoms with Crippen molar-refractivity contribution in [2.45, 2.75) is 25.8 Å². The van der Waals surface area contributed by atoms with Gasteiger partial charge in [-0.3, -0.25) is 14.9 Å². The molecular formula is C27H28N4O2. The zero-order valence-corrected chi connectivity index (χ0v) is 18.8. The zero-order valence-electron chi connectivity index (χ0n) is 18.8. The fourth-order valence-corrected chi connectivity index (χ4v) is 3.83. The third-order valence-corrected chi connectivity index (χ3v) is 5.70. The predicted octanol–water partition coefficient (Wildman–Crippen LogP) is 5.19. The highest BCUT2D eigenvalue weighted by molar-refractivity contribution is 5.95. The van der Waals surface area contributed by atoms with E-state index in [1.165, 1.54) is 0 Å². The van der Waals surface area contributed by atoms with Gasteiger partial charge in [-0.05, 0) is 55.2 Å². The maximum Gasteiger partial charge on any atom is 0.251 e. The van der Waals surface area contributed by atoms with Gasteiger partial charge in [0.25, 0.3) is 5.91 Å². The van der Waals surface area contributed by atoms with Gasteiger partial charge in [0.2, 0.25) is 0 Å². The molecule has 1 aromatic carbocycles. The summed E-state index contributed by atoms with van der Waals surface area (Å²) in [6, 6.07) is 11.8. The van der Waals surface area contributed by atoms with Crippen LogP contribution in [0.2, 0.25) is 0 Å². The summed E-state index contributed by atoms with van der Waals surface area (Å²) in [7, 11) is 0. The van der Waals surface area contributed by atoms with Crippen molar-refractivity contribution < 1.29 is 9.53 Å². The van der Waals surface area contributed by atoms with Gasteiger partial charge in [0.05, 0.1) is 17.6 Å². The molecule has 0 bridgehead atoms. The van der Waals surface area contributed by atoms with Gasteiger partial charge < -0.3 is 10.1 Å². The van der Waals surface area contributed by atoms with Crippen molar-refractivity contribution in [3.05, 3.63) is 90.9 Å². The molecule has 4 rings (SSSR count). The molecule has 1 aliphatic rings. The van der Waals surface area contributed by atoms with Crippen molar-refractivity contribution in [1.29, 1.82) is 0 Å². The summed E-state index contributed by atoms with van der Waals surface area (Å²) in [5.74, 6) is -0.0500. The van der Waals surface area contributed by atoms with Crippen LogP contribution in [0.5, 0.6) is 0 Å². The number of aromatic amines is 1. The first kappa shape index (κ1) is 22.4. The number of carbonyl (C=O) groups excluding carboxylic acids is 1. The van der Waals surface area contributed by atoms with E-state index in [2.05, 4.69) is 27.1 Å². The van der Waals surface area contributed by atoms with Crippen LogP contribution in [0.25, 0.3) is 28.0 Å². The molecule has 1 saturated heterocycles. The summed E-state index contributed by atoms with van der Waals surface area (Å²) in [4.78, 5) is 17.1. The average molecular weight is 441 g/mol. The van der Waals surface area contributed by atoms with Crippen LogP contribution in [-0.4, -0.2) is 40.3 Å². The Morgan fingerprint density at radius 1 is 1.15 bits per heavy atom. The van der Waals surface area contributed by atoms with Crippen LogP contribution in [0.4, 0.5) is 0 Å². The molecule has 33 heavy (non-hydrogen) atoms. The molecule has 1 amide bonds. The van der Waals surface area contributed by atoms with Crippen LogP contribution >= 0.6 is 0 Å². The third-order valence-electron chi connectivity index (χ3n) is 5.70. The van der Waals surface area contributed by atoms with Crippen LogP contribution in [0.15, 0.2) is 79.7 Å².